The van der Waals surface area contributed by atoms with Crippen LogP contribution in [0.3, 0.4) is 0 Å². The maximum atomic E-state index is 12.9. The molecule has 186 valence electrons. The number of hydrogen-bond acceptors (Lipinski definition) is 4. The molecule has 1 unspecified atom stereocenters. The van der Waals surface area contributed by atoms with Gasteiger partial charge in [0.25, 0.3) is 0 Å². The Hall–Kier alpha value is -2.93. The van der Waals surface area contributed by atoms with E-state index in [9.17, 15) is 9.90 Å². The standard InChI is InChI=1S/C28H28Cl2N4O2/c1-18-25(17-35)27(34(32-18)24-14-10-22(30)11-15-24)28(36,20-6-4-3-5-7-20)26-16-33(31-19(26)2)23-12-8-21(29)9-13-23/h8-17,20,36H,3-7H2,1-2H3. The topological polar surface area (TPSA) is 72.9 Å². The second kappa shape index (κ2) is 9.85. The molecule has 2 aromatic heterocycles. The number of halogens is 2. The van der Waals surface area contributed by atoms with Crippen LogP contribution in [0.2, 0.25) is 10.0 Å². The molecule has 1 N–H and O–H groups in total. The number of hydrogen-bond donors (Lipinski definition) is 1. The highest BCUT2D eigenvalue weighted by atomic mass is 35.5. The molecule has 1 aliphatic rings. The number of benzene rings is 2. The number of carbonyl (C=O) groups excluding carboxylic acids is 1. The van der Waals surface area contributed by atoms with Crippen molar-refractivity contribution in [2.75, 3.05) is 0 Å². The Kier molecular flexibility index (Phi) is 6.77. The highest BCUT2D eigenvalue weighted by molar-refractivity contribution is 6.30. The number of aliphatic hydroxyl groups is 1. The monoisotopic (exact) mass is 522 g/mol. The van der Waals surface area contributed by atoms with Crippen LogP contribution in [0.5, 0.6) is 0 Å². The molecule has 8 heteroatoms. The van der Waals surface area contributed by atoms with Crippen LogP contribution in [0.25, 0.3) is 11.4 Å². The van der Waals surface area contributed by atoms with E-state index in [0.717, 1.165) is 49.8 Å². The highest BCUT2D eigenvalue weighted by Crippen LogP contribution is 2.47. The van der Waals surface area contributed by atoms with E-state index in [0.29, 0.717) is 38.3 Å². The third kappa shape index (κ3) is 4.27. The van der Waals surface area contributed by atoms with Crippen LogP contribution in [-0.2, 0) is 5.60 Å². The predicted octanol–water partition coefficient (Wildman–Crippen LogP) is 6.61. The number of nitrogens with zero attached hydrogens (tertiary/aromatic N) is 4. The molecule has 1 fully saturated rings. The van der Waals surface area contributed by atoms with Gasteiger partial charge in [0.1, 0.15) is 5.60 Å². The van der Waals surface area contributed by atoms with Crippen LogP contribution in [0, 0.1) is 19.8 Å². The lowest BCUT2D eigenvalue weighted by Crippen LogP contribution is -2.40. The molecule has 0 bridgehead atoms. The highest BCUT2D eigenvalue weighted by Gasteiger charge is 2.47. The van der Waals surface area contributed by atoms with Crippen LogP contribution in [0.1, 0.15) is 65.1 Å². The molecular weight excluding hydrogens is 495 g/mol. The fourth-order valence-corrected chi connectivity index (χ4v) is 5.69. The molecule has 2 aromatic carbocycles. The molecule has 0 radical (unpaired) electrons. The summed E-state index contributed by atoms with van der Waals surface area (Å²) >= 11 is 12.2. The molecule has 36 heavy (non-hydrogen) atoms. The van der Waals surface area contributed by atoms with E-state index < -0.39 is 5.60 Å². The van der Waals surface area contributed by atoms with Crippen LogP contribution in [0.15, 0.2) is 54.7 Å². The Bertz CT molecular complexity index is 1390. The average Bonchev–Trinajstić information content (AvgIpc) is 3.45. The van der Waals surface area contributed by atoms with Crippen molar-refractivity contribution in [2.24, 2.45) is 5.92 Å². The van der Waals surface area contributed by atoms with E-state index in [2.05, 4.69) is 0 Å². The maximum absolute atomic E-state index is 12.9. The molecule has 1 saturated carbocycles. The Morgan fingerprint density at radius 3 is 2.06 bits per heavy atom. The molecule has 2 heterocycles. The molecule has 5 rings (SSSR count). The van der Waals surface area contributed by atoms with Gasteiger partial charge < -0.3 is 5.11 Å². The SMILES string of the molecule is Cc1nn(-c2ccc(Cl)cc2)cc1C(O)(c1c(C=O)c(C)nn1-c1ccc(Cl)cc1)C1CCCCC1. The Morgan fingerprint density at radius 1 is 0.889 bits per heavy atom. The van der Waals surface area contributed by atoms with E-state index in [4.69, 9.17) is 33.4 Å². The van der Waals surface area contributed by atoms with Gasteiger partial charge >= 0.3 is 0 Å². The Balaban J connectivity index is 1.76. The summed E-state index contributed by atoms with van der Waals surface area (Å²) in [7, 11) is 0. The molecule has 0 spiro atoms. The van der Waals surface area contributed by atoms with Gasteiger partial charge in [0.15, 0.2) is 6.29 Å². The summed E-state index contributed by atoms with van der Waals surface area (Å²) < 4.78 is 3.45. The van der Waals surface area contributed by atoms with E-state index in [1.165, 1.54) is 0 Å². The minimum atomic E-state index is -1.48. The normalized spacial score (nSPS) is 16.1. The lowest BCUT2D eigenvalue weighted by atomic mass is 9.70. The summed E-state index contributed by atoms with van der Waals surface area (Å²) in [4.78, 5) is 12.4. The summed E-state index contributed by atoms with van der Waals surface area (Å²) in [6.45, 7) is 3.69. The van der Waals surface area contributed by atoms with E-state index in [1.54, 1.807) is 28.4 Å². The first kappa shape index (κ1) is 24.8. The van der Waals surface area contributed by atoms with Gasteiger partial charge in [0.2, 0.25) is 0 Å². The van der Waals surface area contributed by atoms with Crippen molar-refractivity contribution >= 4 is 29.5 Å². The van der Waals surface area contributed by atoms with Gasteiger partial charge in [-0.2, -0.15) is 10.2 Å². The second-order valence-electron chi connectivity index (χ2n) is 9.50. The second-order valence-corrected chi connectivity index (χ2v) is 10.4. The molecule has 1 atom stereocenters. The van der Waals surface area contributed by atoms with Gasteiger partial charge in [0, 0.05) is 21.8 Å². The molecule has 0 aliphatic heterocycles. The number of aldehydes is 1. The minimum Gasteiger partial charge on any atom is -0.378 e. The fourth-order valence-electron chi connectivity index (χ4n) is 5.44. The van der Waals surface area contributed by atoms with E-state index >= 15 is 0 Å². The summed E-state index contributed by atoms with van der Waals surface area (Å²) in [6, 6.07) is 14.6. The van der Waals surface area contributed by atoms with E-state index in [1.807, 2.05) is 49.5 Å². The zero-order chi connectivity index (χ0) is 25.4. The fraction of sp³-hybridized carbons (Fsp3) is 0.321. The lowest BCUT2D eigenvalue weighted by Gasteiger charge is -2.39. The minimum absolute atomic E-state index is 0.103. The smallest absolute Gasteiger partial charge is 0.153 e. The number of rotatable bonds is 6. The van der Waals surface area contributed by atoms with Crippen molar-refractivity contribution in [3.05, 3.63) is 93.0 Å². The quantitative estimate of drug-likeness (QED) is 0.289. The first-order chi connectivity index (χ1) is 17.3. The number of carbonyl (C=O) groups is 1. The third-order valence-corrected chi connectivity index (χ3v) is 7.76. The predicted molar refractivity (Wildman–Crippen MR) is 142 cm³/mol. The zero-order valence-corrected chi connectivity index (χ0v) is 21.8. The van der Waals surface area contributed by atoms with Crippen LogP contribution in [-0.4, -0.2) is 31.0 Å². The van der Waals surface area contributed by atoms with Crippen molar-refractivity contribution < 1.29 is 9.90 Å². The van der Waals surface area contributed by atoms with Crippen molar-refractivity contribution in [3.63, 3.8) is 0 Å². The number of aromatic nitrogens is 4. The molecule has 6 nitrogen and oxygen atoms in total. The van der Waals surface area contributed by atoms with Crippen molar-refractivity contribution in [1.29, 1.82) is 0 Å². The van der Waals surface area contributed by atoms with Gasteiger partial charge in [0.05, 0.1) is 34.0 Å². The summed E-state index contributed by atoms with van der Waals surface area (Å²) in [6.07, 6.45) is 7.51. The summed E-state index contributed by atoms with van der Waals surface area (Å²) in [5, 5.41) is 23.6. The van der Waals surface area contributed by atoms with Crippen molar-refractivity contribution in [2.45, 2.75) is 51.6 Å². The molecule has 0 amide bonds. The molecular formula is C28H28Cl2N4O2. The van der Waals surface area contributed by atoms with Gasteiger partial charge in [-0.05, 0) is 81.1 Å². The first-order valence-electron chi connectivity index (χ1n) is 12.2. The van der Waals surface area contributed by atoms with Gasteiger partial charge in [-0.15, -0.1) is 0 Å². The Morgan fingerprint density at radius 2 is 1.47 bits per heavy atom. The molecule has 4 aromatic rings. The van der Waals surface area contributed by atoms with Crippen LogP contribution < -0.4 is 0 Å². The average molecular weight is 523 g/mol. The van der Waals surface area contributed by atoms with Crippen molar-refractivity contribution in [3.8, 4) is 11.4 Å². The van der Waals surface area contributed by atoms with Crippen LogP contribution >= 0.6 is 23.2 Å². The summed E-state index contributed by atoms with van der Waals surface area (Å²) in [5.41, 5.74) is 2.87. The molecule has 1 aliphatic carbocycles. The summed E-state index contributed by atoms with van der Waals surface area (Å²) in [5.74, 6) is -0.103. The van der Waals surface area contributed by atoms with Gasteiger partial charge in [-0.1, -0.05) is 42.5 Å². The number of aryl methyl sites for hydroxylation is 2. The largest absolute Gasteiger partial charge is 0.378 e. The Labute approximate surface area is 220 Å². The third-order valence-electron chi connectivity index (χ3n) is 7.25. The lowest BCUT2D eigenvalue weighted by molar-refractivity contribution is -0.00738. The van der Waals surface area contributed by atoms with Crippen molar-refractivity contribution in [1.82, 2.24) is 19.6 Å². The van der Waals surface area contributed by atoms with Gasteiger partial charge in [-0.25, -0.2) is 9.36 Å². The maximum Gasteiger partial charge on any atom is 0.153 e. The van der Waals surface area contributed by atoms with Crippen LogP contribution in [0.4, 0.5) is 0 Å². The molecule has 0 saturated heterocycles. The van der Waals surface area contributed by atoms with Gasteiger partial charge in [-0.3, -0.25) is 4.79 Å². The first-order valence-corrected chi connectivity index (χ1v) is 12.9. The van der Waals surface area contributed by atoms with E-state index in [-0.39, 0.29) is 5.92 Å². The zero-order valence-electron chi connectivity index (χ0n) is 20.3.